The van der Waals surface area contributed by atoms with Crippen molar-refractivity contribution in [1.82, 2.24) is 9.62 Å². The van der Waals surface area contributed by atoms with Crippen LogP contribution >= 0.6 is 11.6 Å². The molecule has 0 aromatic heterocycles. The molecular formula is C28H38ClFN4O4S. The molecule has 4 N–H and O–H groups in total. The van der Waals surface area contributed by atoms with E-state index in [-0.39, 0.29) is 30.3 Å². The van der Waals surface area contributed by atoms with Crippen molar-refractivity contribution in [2.24, 2.45) is 11.7 Å². The van der Waals surface area contributed by atoms with E-state index in [1.54, 1.807) is 24.3 Å². The second kappa shape index (κ2) is 13.1. The van der Waals surface area contributed by atoms with Gasteiger partial charge in [0.15, 0.2) is 0 Å². The van der Waals surface area contributed by atoms with E-state index in [0.717, 1.165) is 18.4 Å². The number of nitrogens with zero attached hydrogens (tertiary/aromatic N) is 1. The lowest BCUT2D eigenvalue weighted by Crippen LogP contribution is -2.58. The van der Waals surface area contributed by atoms with Crippen LogP contribution in [0.1, 0.15) is 43.2 Å². The Hall–Kier alpha value is -2.08. The summed E-state index contributed by atoms with van der Waals surface area (Å²) in [5.41, 5.74) is 8.21. The van der Waals surface area contributed by atoms with Crippen LogP contribution in [0.15, 0.2) is 42.5 Å². The lowest BCUT2D eigenvalue weighted by molar-refractivity contribution is -0.118. The first-order valence-electron chi connectivity index (χ1n) is 13.4. The predicted molar refractivity (Wildman–Crippen MR) is 152 cm³/mol. The number of hydrogen-bond acceptors (Lipinski definition) is 6. The summed E-state index contributed by atoms with van der Waals surface area (Å²) in [6, 6.07) is 10.5. The minimum Gasteiger partial charge on any atom is -0.381 e. The summed E-state index contributed by atoms with van der Waals surface area (Å²) >= 11 is 6.11. The van der Waals surface area contributed by atoms with Gasteiger partial charge in [0.1, 0.15) is 5.82 Å². The van der Waals surface area contributed by atoms with Crippen molar-refractivity contribution in [3.05, 3.63) is 64.4 Å². The molecular weight excluding hydrogens is 543 g/mol. The van der Waals surface area contributed by atoms with Gasteiger partial charge >= 0.3 is 0 Å². The minimum absolute atomic E-state index is 0.149. The highest BCUT2D eigenvalue weighted by atomic mass is 35.5. The van der Waals surface area contributed by atoms with Crippen molar-refractivity contribution in [3.8, 4) is 0 Å². The summed E-state index contributed by atoms with van der Waals surface area (Å²) < 4.78 is 47.0. The van der Waals surface area contributed by atoms with E-state index in [1.165, 1.54) is 16.6 Å². The Kier molecular flexibility index (Phi) is 10.0. The Balaban J connectivity index is 1.53. The van der Waals surface area contributed by atoms with Gasteiger partial charge in [0, 0.05) is 60.6 Å². The summed E-state index contributed by atoms with van der Waals surface area (Å²) in [6.07, 6.45) is 3.42. The number of carbonyl (C=O) groups excluding carboxylic acids is 1. The SMILES string of the molecule is C[C@@H]1CNC[C@H](CCc2c(F)cccc2NC(=O)[C@@H](N)[C@@H](c2ccc(Cl)cc2)C2CCOCC2)N1S(C)(=O)=O. The lowest BCUT2D eigenvalue weighted by Gasteiger charge is -2.39. The van der Waals surface area contributed by atoms with Gasteiger partial charge in [-0.1, -0.05) is 29.8 Å². The Morgan fingerprint density at radius 1 is 1.21 bits per heavy atom. The van der Waals surface area contributed by atoms with E-state index in [4.69, 9.17) is 22.1 Å². The maximum Gasteiger partial charge on any atom is 0.241 e. The zero-order valence-corrected chi connectivity index (χ0v) is 24.0. The molecule has 8 nitrogen and oxygen atoms in total. The molecule has 0 spiro atoms. The summed E-state index contributed by atoms with van der Waals surface area (Å²) in [4.78, 5) is 13.5. The molecule has 4 atom stereocenters. The van der Waals surface area contributed by atoms with Crippen LogP contribution in [0.25, 0.3) is 0 Å². The first-order chi connectivity index (χ1) is 18.6. The number of rotatable bonds is 9. The molecule has 0 unspecified atom stereocenters. The number of carbonyl (C=O) groups is 1. The molecule has 2 saturated heterocycles. The predicted octanol–water partition coefficient (Wildman–Crippen LogP) is 3.51. The number of sulfonamides is 1. The second-order valence-corrected chi connectivity index (χ2v) is 12.9. The van der Waals surface area contributed by atoms with Crippen molar-refractivity contribution >= 4 is 33.2 Å². The maximum absolute atomic E-state index is 15.1. The van der Waals surface area contributed by atoms with E-state index in [1.807, 2.05) is 19.1 Å². The Morgan fingerprint density at radius 2 is 1.90 bits per heavy atom. The molecule has 0 aliphatic carbocycles. The van der Waals surface area contributed by atoms with Gasteiger partial charge in [-0.3, -0.25) is 4.79 Å². The maximum atomic E-state index is 15.1. The van der Waals surface area contributed by atoms with E-state index in [0.29, 0.717) is 49.0 Å². The number of halogens is 2. The monoisotopic (exact) mass is 580 g/mol. The number of anilines is 1. The largest absolute Gasteiger partial charge is 0.381 e. The fourth-order valence-corrected chi connectivity index (χ4v) is 7.55. The molecule has 0 bridgehead atoms. The van der Waals surface area contributed by atoms with Gasteiger partial charge in [0.2, 0.25) is 15.9 Å². The molecule has 1 amide bonds. The van der Waals surface area contributed by atoms with Crippen LogP contribution in [-0.4, -0.2) is 69.3 Å². The van der Waals surface area contributed by atoms with Crippen LogP contribution in [0.2, 0.25) is 5.02 Å². The van der Waals surface area contributed by atoms with Gasteiger partial charge in [0.05, 0.1) is 12.3 Å². The highest BCUT2D eigenvalue weighted by Gasteiger charge is 2.36. The van der Waals surface area contributed by atoms with Crippen molar-refractivity contribution in [1.29, 1.82) is 0 Å². The molecule has 4 rings (SSSR count). The van der Waals surface area contributed by atoms with Gasteiger partial charge in [-0.2, -0.15) is 4.31 Å². The number of benzene rings is 2. The summed E-state index contributed by atoms with van der Waals surface area (Å²) in [5.74, 6) is -0.974. The molecule has 2 aromatic carbocycles. The molecule has 2 aliphatic rings. The molecule has 0 radical (unpaired) electrons. The number of nitrogens with two attached hydrogens (primary N) is 1. The minimum atomic E-state index is -3.43. The van der Waals surface area contributed by atoms with Crippen LogP contribution in [-0.2, 0) is 26.0 Å². The zero-order chi connectivity index (χ0) is 28.2. The van der Waals surface area contributed by atoms with Crippen LogP contribution in [0.3, 0.4) is 0 Å². The molecule has 0 saturated carbocycles. The van der Waals surface area contributed by atoms with Crippen molar-refractivity contribution in [2.75, 3.05) is 37.9 Å². The smallest absolute Gasteiger partial charge is 0.241 e. The second-order valence-electron chi connectivity index (χ2n) is 10.6. The molecule has 11 heteroatoms. The van der Waals surface area contributed by atoms with Gasteiger partial charge < -0.3 is 21.1 Å². The third-order valence-electron chi connectivity index (χ3n) is 7.82. The lowest BCUT2D eigenvalue weighted by atomic mass is 9.76. The molecule has 39 heavy (non-hydrogen) atoms. The van der Waals surface area contributed by atoms with E-state index >= 15 is 4.39 Å². The standard InChI is InChI=1S/C28H38ClFN4O4S/c1-18-16-32-17-22(34(18)39(2,36)37)10-11-23-24(30)4-3-5-25(23)33-28(35)27(31)26(20-12-14-38-15-13-20)19-6-8-21(29)9-7-19/h3-9,18,20,22,26-27,32H,10-17,31H2,1-2H3,(H,33,35)/t18-,22+,26+,27+/m1/s1. The fourth-order valence-electron chi connectivity index (χ4n) is 5.98. The van der Waals surface area contributed by atoms with E-state index < -0.39 is 27.8 Å². The quantitative estimate of drug-likeness (QED) is 0.418. The number of ether oxygens (including phenoxy) is 1. The fraction of sp³-hybridized carbons (Fsp3) is 0.536. The van der Waals surface area contributed by atoms with Crippen LogP contribution in [0.4, 0.5) is 10.1 Å². The third kappa shape index (κ3) is 7.36. The average Bonchev–Trinajstić information content (AvgIpc) is 2.89. The third-order valence-corrected chi connectivity index (χ3v) is 9.50. The van der Waals surface area contributed by atoms with E-state index in [2.05, 4.69) is 10.6 Å². The highest BCUT2D eigenvalue weighted by Crippen LogP contribution is 2.35. The van der Waals surface area contributed by atoms with Crippen molar-refractivity contribution in [2.45, 2.75) is 56.7 Å². The highest BCUT2D eigenvalue weighted by molar-refractivity contribution is 7.88. The summed E-state index contributed by atoms with van der Waals surface area (Å²) in [6.45, 7) is 4.11. The van der Waals surface area contributed by atoms with Crippen LogP contribution in [0, 0.1) is 11.7 Å². The molecule has 2 heterocycles. The number of nitrogens with one attached hydrogen (secondary N) is 2. The van der Waals surface area contributed by atoms with Gasteiger partial charge in [0.25, 0.3) is 0 Å². The zero-order valence-electron chi connectivity index (χ0n) is 22.4. The Bertz CT molecular complexity index is 1240. The topological polar surface area (TPSA) is 114 Å². The Labute approximate surface area is 235 Å². The van der Waals surface area contributed by atoms with Crippen molar-refractivity contribution < 1.29 is 22.3 Å². The first-order valence-corrected chi connectivity index (χ1v) is 15.6. The van der Waals surface area contributed by atoms with Crippen LogP contribution < -0.4 is 16.4 Å². The number of amides is 1. The molecule has 2 aliphatic heterocycles. The van der Waals surface area contributed by atoms with Gasteiger partial charge in [-0.25, -0.2) is 12.8 Å². The van der Waals surface area contributed by atoms with E-state index in [9.17, 15) is 13.2 Å². The first kappa shape index (κ1) is 29.9. The average molecular weight is 581 g/mol. The molecule has 214 valence electrons. The summed E-state index contributed by atoms with van der Waals surface area (Å²) in [7, 11) is -3.43. The number of hydrogen-bond donors (Lipinski definition) is 3. The number of piperazine rings is 1. The van der Waals surface area contributed by atoms with Gasteiger partial charge in [-0.05, 0) is 68.4 Å². The Morgan fingerprint density at radius 3 is 2.56 bits per heavy atom. The van der Waals surface area contributed by atoms with Gasteiger partial charge in [-0.15, -0.1) is 0 Å². The summed E-state index contributed by atoms with van der Waals surface area (Å²) in [5, 5.41) is 6.74. The normalized spacial score (nSPS) is 22.8. The molecule has 2 aromatic rings. The van der Waals surface area contributed by atoms with Crippen molar-refractivity contribution in [3.63, 3.8) is 0 Å². The molecule has 2 fully saturated rings. The van der Waals surface area contributed by atoms with Crippen LogP contribution in [0.5, 0.6) is 0 Å².